The van der Waals surface area contributed by atoms with Gasteiger partial charge in [-0.1, -0.05) is 29.8 Å². The van der Waals surface area contributed by atoms with Gasteiger partial charge in [0.1, 0.15) is 11.6 Å². The second-order valence-electron chi connectivity index (χ2n) is 5.53. The van der Waals surface area contributed by atoms with E-state index < -0.39 is 10.1 Å². The largest absolute Gasteiger partial charge is 0.476 e. The number of alkyl halides is 1. The number of ether oxygens (including phenoxy) is 1. The molecule has 0 saturated carbocycles. The molecule has 1 N–H and O–H groups in total. The minimum Gasteiger partial charge on any atom is -0.476 e. The average molecular weight is 384 g/mol. The number of pyridine rings is 1. The highest BCUT2D eigenvalue weighted by Gasteiger charge is 2.22. The number of rotatable bonds is 5. The van der Waals surface area contributed by atoms with E-state index >= 15 is 0 Å². The Morgan fingerprint density at radius 2 is 1.76 bits per heavy atom. The highest BCUT2D eigenvalue weighted by molar-refractivity contribution is 7.86. The first-order valence-corrected chi connectivity index (χ1v) is 9.68. The minimum absolute atomic E-state index is 0.00649. The summed E-state index contributed by atoms with van der Waals surface area (Å²) in [4.78, 5) is 8.08. The Hall–Kier alpha value is -2.03. The summed E-state index contributed by atoms with van der Waals surface area (Å²) < 4.78 is 37.2. The van der Waals surface area contributed by atoms with Crippen LogP contribution in [0.4, 0.5) is 11.5 Å². The number of nitrogens with zero attached hydrogens (tertiary/aromatic N) is 3. The second kappa shape index (κ2) is 7.47. The number of halogens is 1. The number of para-hydroxylation sites is 1. The summed E-state index contributed by atoms with van der Waals surface area (Å²) in [7, 11) is -4.42. The summed E-state index contributed by atoms with van der Waals surface area (Å²) in [6.45, 7) is 3.09. The molecule has 1 aliphatic rings. The summed E-state index contributed by atoms with van der Waals surface area (Å²) >= 11 is 5.54. The Morgan fingerprint density at radius 3 is 2.36 bits per heavy atom. The van der Waals surface area contributed by atoms with E-state index in [1.165, 1.54) is 11.8 Å². The molecule has 1 aromatic heterocycles. The fourth-order valence-corrected chi connectivity index (χ4v) is 3.46. The van der Waals surface area contributed by atoms with Crippen LogP contribution in [0.3, 0.4) is 0 Å². The first-order valence-electron chi connectivity index (χ1n) is 7.70. The van der Waals surface area contributed by atoms with Gasteiger partial charge in [-0.2, -0.15) is 8.42 Å². The number of anilines is 2. The monoisotopic (exact) mass is 383 g/mol. The maximum atomic E-state index is 11.4. The molecular formula is C16H18ClN3O4S. The van der Waals surface area contributed by atoms with Crippen molar-refractivity contribution in [2.45, 2.75) is 4.90 Å². The summed E-state index contributed by atoms with van der Waals surface area (Å²) in [5.74, 6) is 0.577. The van der Waals surface area contributed by atoms with Gasteiger partial charge >= 0.3 is 0 Å². The quantitative estimate of drug-likeness (QED) is 0.626. The van der Waals surface area contributed by atoms with E-state index in [0.29, 0.717) is 5.82 Å². The van der Waals surface area contributed by atoms with Gasteiger partial charge in [-0.05, 0) is 12.1 Å². The summed E-state index contributed by atoms with van der Waals surface area (Å²) in [6, 6.07) is 11.4. The van der Waals surface area contributed by atoms with Crippen LogP contribution in [0.1, 0.15) is 0 Å². The van der Waals surface area contributed by atoms with Gasteiger partial charge < -0.3 is 14.5 Å². The van der Waals surface area contributed by atoms with Crippen LogP contribution in [0, 0.1) is 0 Å². The third-order valence-electron chi connectivity index (χ3n) is 4.03. The number of benzene rings is 1. The highest BCUT2D eigenvalue weighted by atomic mass is 35.5. The minimum atomic E-state index is -4.42. The lowest BCUT2D eigenvalue weighted by atomic mass is 10.2. The van der Waals surface area contributed by atoms with E-state index in [4.69, 9.17) is 16.3 Å². The van der Waals surface area contributed by atoms with Gasteiger partial charge in [0.05, 0.1) is 6.20 Å². The summed E-state index contributed by atoms with van der Waals surface area (Å²) in [5, 5.41) is 0. The van der Waals surface area contributed by atoms with Crippen LogP contribution < -0.4 is 14.5 Å². The van der Waals surface area contributed by atoms with Crippen molar-refractivity contribution in [2.24, 2.45) is 0 Å². The van der Waals surface area contributed by atoms with Crippen molar-refractivity contribution in [2.75, 3.05) is 42.0 Å². The molecule has 1 aromatic carbocycles. The standard InChI is InChI=1S/C16H18ClN3O4S/c17-12-24-14-10-16(18-11-15(14)25(21,22)23)20-8-6-19(7-9-20)13-4-2-1-3-5-13/h1-5,10-11H,6-9,12H2,(H,21,22,23). The number of hydrogen-bond acceptors (Lipinski definition) is 6. The molecule has 0 bridgehead atoms. The van der Waals surface area contributed by atoms with Crippen LogP contribution >= 0.6 is 11.6 Å². The van der Waals surface area contributed by atoms with Crippen molar-refractivity contribution in [1.82, 2.24) is 4.98 Å². The van der Waals surface area contributed by atoms with E-state index in [-0.39, 0.29) is 16.7 Å². The molecule has 2 heterocycles. The van der Waals surface area contributed by atoms with E-state index in [1.807, 2.05) is 23.1 Å². The molecule has 0 atom stereocenters. The van der Waals surface area contributed by atoms with Crippen molar-refractivity contribution in [3.8, 4) is 5.75 Å². The topological polar surface area (TPSA) is 83.0 Å². The predicted octanol–water partition coefficient (Wildman–Crippen LogP) is 2.23. The fraction of sp³-hybridized carbons (Fsp3) is 0.312. The molecule has 1 fully saturated rings. The SMILES string of the molecule is O=S(=O)(O)c1cnc(N2CCN(c3ccccc3)CC2)cc1OCCl. The van der Waals surface area contributed by atoms with E-state index in [1.54, 1.807) is 0 Å². The maximum Gasteiger partial charge on any atom is 0.299 e. The average Bonchev–Trinajstić information content (AvgIpc) is 2.62. The van der Waals surface area contributed by atoms with Crippen molar-refractivity contribution < 1.29 is 17.7 Å². The Morgan fingerprint density at radius 1 is 1.12 bits per heavy atom. The van der Waals surface area contributed by atoms with Crippen LogP contribution in [-0.4, -0.2) is 50.2 Å². The van der Waals surface area contributed by atoms with Crippen molar-refractivity contribution in [3.05, 3.63) is 42.6 Å². The second-order valence-corrected chi connectivity index (χ2v) is 7.14. The third kappa shape index (κ3) is 4.15. The van der Waals surface area contributed by atoms with Gasteiger partial charge in [-0.15, -0.1) is 0 Å². The summed E-state index contributed by atoms with van der Waals surface area (Å²) in [6.07, 6.45) is 1.09. The molecule has 0 aliphatic carbocycles. The molecule has 25 heavy (non-hydrogen) atoms. The first-order chi connectivity index (χ1) is 12.0. The zero-order valence-corrected chi connectivity index (χ0v) is 14.9. The van der Waals surface area contributed by atoms with Gasteiger partial charge in [0, 0.05) is 37.9 Å². The number of hydrogen-bond donors (Lipinski definition) is 1. The molecule has 0 amide bonds. The molecule has 1 saturated heterocycles. The van der Waals surface area contributed by atoms with Crippen LogP contribution in [0.25, 0.3) is 0 Å². The van der Waals surface area contributed by atoms with Crippen LogP contribution in [0.15, 0.2) is 47.5 Å². The Balaban J connectivity index is 1.76. The van der Waals surface area contributed by atoms with Crippen molar-refractivity contribution in [1.29, 1.82) is 0 Å². The lowest BCUT2D eigenvalue weighted by Gasteiger charge is -2.36. The van der Waals surface area contributed by atoms with Crippen LogP contribution in [-0.2, 0) is 10.1 Å². The Bertz CT molecular complexity index is 825. The molecule has 0 unspecified atom stereocenters. The van der Waals surface area contributed by atoms with Gasteiger partial charge in [0.15, 0.2) is 11.0 Å². The zero-order chi connectivity index (χ0) is 17.9. The zero-order valence-electron chi connectivity index (χ0n) is 13.4. The number of piperazine rings is 1. The maximum absolute atomic E-state index is 11.4. The first kappa shape index (κ1) is 17.8. The third-order valence-corrected chi connectivity index (χ3v) is 5.00. The van der Waals surface area contributed by atoms with Crippen molar-refractivity contribution in [3.63, 3.8) is 0 Å². The molecule has 0 radical (unpaired) electrons. The molecule has 9 heteroatoms. The lowest BCUT2D eigenvalue weighted by Crippen LogP contribution is -2.46. The van der Waals surface area contributed by atoms with Gasteiger partial charge in [0.25, 0.3) is 10.1 Å². The smallest absolute Gasteiger partial charge is 0.299 e. The highest BCUT2D eigenvalue weighted by Crippen LogP contribution is 2.28. The predicted molar refractivity (Wildman–Crippen MR) is 96.3 cm³/mol. The molecule has 2 aromatic rings. The summed E-state index contributed by atoms with van der Waals surface area (Å²) in [5.41, 5.74) is 1.17. The van der Waals surface area contributed by atoms with Crippen LogP contribution in [0.2, 0.25) is 0 Å². The molecule has 134 valence electrons. The fourth-order valence-electron chi connectivity index (χ4n) is 2.78. The molecular weight excluding hydrogens is 366 g/mol. The Kier molecular flexibility index (Phi) is 5.31. The Labute approximate surface area is 151 Å². The lowest BCUT2D eigenvalue weighted by molar-refractivity contribution is 0.372. The van der Waals surface area contributed by atoms with Gasteiger partial charge in [-0.25, -0.2) is 4.98 Å². The van der Waals surface area contributed by atoms with Gasteiger partial charge in [-0.3, -0.25) is 4.55 Å². The van der Waals surface area contributed by atoms with Crippen molar-refractivity contribution >= 4 is 33.2 Å². The molecule has 3 rings (SSSR count). The normalized spacial score (nSPS) is 15.3. The number of aromatic nitrogens is 1. The van der Waals surface area contributed by atoms with Crippen LogP contribution in [0.5, 0.6) is 5.75 Å². The molecule has 7 nitrogen and oxygen atoms in total. The van der Waals surface area contributed by atoms with E-state index in [0.717, 1.165) is 32.4 Å². The van der Waals surface area contributed by atoms with Gasteiger partial charge in [0.2, 0.25) is 0 Å². The van der Waals surface area contributed by atoms with E-state index in [9.17, 15) is 13.0 Å². The van der Waals surface area contributed by atoms with E-state index in [2.05, 4.69) is 22.0 Å². The molecule has 0 spiro atoms. The molecule has 1 aliphatic heterocycles.